The van der Waals surface area contributed by atoms with Gasteiger partial charge in [0, 0.05) is 5.69 Å². The zero-order valence-corrected chi connectivity index (χ0v) is 8.95. The largest absolute Gasteiger partial charge is 0.479 e. The molecule has 0 bridgehead atoms. The van der Waals surface area contributed by atoms with Crippen LogP contribution in [0.3, 0.4) is 0 Å². The fourth-order valence-corrected chi connectivity index (χ4v) is 1.46. The van der Waals surface area contributed by atoms with Gasteiger partial charge >= 0.3 is 5.97 Å². The van der Waals surface area contributed by atoms with Crippen molar-refractivity contribution >= 4 is 11.7 Å². The van der Waals surface area contributed by atoms with Gasteiger partial charge in [-0.05, 0) is 37.1 Å². The predicted molar refractivity (Wildman–Crippen MR) is 61.2 cm³/mol. The standard InChI is InChI=1S/C12H15NO2/c1-4-11(12(14)15)13-10-6-8(2)5-9(3)7-10/h4-7,11,13H,1H2,2-3H3,(H,14,15). The number of benzene rings is 1. The lowest BCUT2D eigenvalue weighted by Crippen LogP contribution is -2.26. The molecule has 0 aromatic heterocycles. The Kier molecular flexibility index (Phi) is 3.50. The van der Waals surface area contributed by atoms with Crippen molar-refractivity contribution in [3.63, 3.8) is 0 Å². The van der Waals surface area contributed by atoms with E-state index in [1.54, 1.807) is 0 Å². The van der Waals surface area contributed by atoms with Crippen LogP contribution in [-0.2, 0) is 4.79 Å². The van der Waals surface area contributed by atoms with E-state index in [1.807, 2.05) is 32.0 Å². The fraction of sp³-hybridized carbons (Fsp3) is 0.250. The molecule has 1 aromatic rings. The quantitative estimate of drug-likeness (QED) is 0.742. The summed E-state index contributed by atoms with van der Waals surface area (Å²) in [6.07, 6.45) is 1.38. The lowest BCUT2D eigenvalue weighted by Gasteiger charge is -2.12. The highest BCUT2D eigenvalue weighted by atomic mass is 16.4. The molecule has 3 nitrogen and oxygen atoms in total. The van der Waals surface area contributed by atoms with E-state index >= 15 is 0 Å². The van der Waals surface area contributed by atoms with Crippen molar-refractivity contribution in [2.45, 2.75) is 19.9 Å². The molecule has 0 aliphatic heterocycles. The topological polar surface area (TPSA) is 49.3 Å². The number of hydrogen-bond donors (Lipinski definition) is 2. The van der Waals surface area contributed by atoms with E-state index in [-0.39, 0.29) is 0 Å². The summed E-state index contributed by atoms with van der Waals surface area (Å²) < 4.78 is 0. The number of carboxylic acids is 1. The SMILES string of the molecule is C=CC(Nc1cc(C)cc(C)c1)C(=O)O. The molecule has 0 radical (unpaired) electrons. The van der Waals surface area contributed by atoms with Crippen LogP contribution in [0.5, 0.6) is 0 Å². The monoisotopic (exact) mass is 205 g/mol. The van der Waals surface area contributed by atoms with Crippen LogP contribution < -0.4 is 5.32 Å². The molecule has 1 atom stereocenters. The molecule has 0 fully saturated rings. The average molecular weight is 205 g/mol. The molecule has 15 heavy (non-hydrogen) atoms. The Balaban J connectivity index is 2.88. The second-order valence-electron chi connectivity index (χ2n) is 3.57. The summed E-state index contributed by atoms with van der Waals surface area (Å²) in [5.74, 6) is -0.927. The van der Waals surface area contributed by atoms with Gasteiger partial charge in [-0.2, -0.15) is 0 Å². The van der Waals surface area contributed by atoms with Crippen LogP contribution in [0.1, 0.15) is 11.1 Å². The van der Waals surface area contributed by atoms with Gasteiger partial charge in [0.15, 0.2) is 0 Å². The first-order valence-electron chi connectivity index (χ1n) is 4.73. The van der Waals surface area contributed by atoms with E-state index in [0.29, 0.717) is 0 Å². The molecule has 80 valence electrons. The first kappa shape index (κ1) is 11.3. The van der Waals surface area contributed by atoms with E-state index in [0.717, 1.165) is 16.8 Å². The van der Waals surface area contributed by atoms with Gasteiger partial charge in [-0.15, -0.1) is 6.58 Å². The minimum atomic E-state index is -0.927. The van der Waals surface area contributed by atoms with Crippen LogP contribution in [0.25, 0.3) is 0 Å². The lowest BCUT2D eigenvalue weighted by atomic mass is 10.1. The predicted octanol–water partition coefficient (Wildman–Crippen LogP) is 2.35. The van der Waals surface area contributed by atoms with Crippen LogP contribution in [0.15, 0.2) is 30.9 Å². The highest BCUT2D eigenvalue weighted by molar-refractivity contribution is 5.79. The van der Waals surface area contributed by atoms with Crippen molar-refractivity contribution in [2.24, 2.45) is 0 Å². The molecule has 0 amide bonds. The van der Waals surface area contributed by atoms with E-state index in [4.69, 9.17) is 5.11 Å². The molecule has 0 aliphatic rings. The van der Waals surface area contributed by atoms with Crippen molar-refractivity contribution < 1.29 is 9.90 Å². The summed E-state index contributed by atoms with van der Waals surface area (Å²) in [5.41, 5.74) is 3.01. The summed E-state index contributed by atoms with van der Waals surface area (Å²) in [7, 11) is 0. The Bertz CT molecular complexity index is 365. The van der Waals surface area contributed by atoms with Crippen molar-refractivity contribution in [1.82, 2.24) is 0 Å². The fourth-order valence-electron chi connectivity index (χ4n) is 1.46. The van der Waals surface area contributed by atoms with Gasteiger partial charge < -0.3 is 10.4 Å². The number of rotatable bonds is 4. The Morgan fingerprint density at radius 1 is 1.40 bits per heavy atom. The number of carboxylic acid groups (broad SMARTS) is 1. The molecule has 0 heterocycles. The van der Waals surface area contributed by atoms with E-state index in [1.165, 1.54) is 6.08 Å². The second kappa shape index (κ2) is 4.64. The highest BCUT2D eigenvalue weighted by Crippen LogP contribution is 2.14. The van der Waals surface area contributed by atoms with Crippen molar-refractivity contribution in [3.05, 3.63) is 42.0 Å². The Labute approximate surface area is 89.4 Å². The Hall–Kier alpha value is -1.77. The smallest absolute Gasteiger partial charge is 0.330 e. The Morgan fingerprint density at radius 2 is 1.93 bits per heavy atom. The van der Waals surface area contributed by atoms with Gasteiger partial charge in [0.1, 0.15) is 6.04 Å². The highest BCUT2D eigenvalue weighted by Gasteiger charge is 2.12. The summed E-state index contributed by atoms with van der Waals surface area (Å²) in [6.45, 7) is 7.43. The molecule has 1 unspecified atom stereocenters. The lowest BCUT2D eigenvalue weighted by molar-refractivity contribution is -0.136. The van der Waals surface area contributed by atoms with E-state index < -0.39 is 12.0 Å². The molecule has 1 aromatic carbocycles. The molecule has 3 heteroatoms. The summed E-state index contributed by atoms with van der Waals surface area (Å²) >= 11 is 0. The van der Waals surface area contributed by atoms with Gasteiger partial charge in [-0.1, -0.05) is 12.1 Å². The van der Waals surface area contributed by atoms with Gasteiger partial charge in [0.05, 0.1) is 0 Å². The third-order valence-corrected chi connectivity index (χ3v) is 2.05. The van der Waals surface area contributed by atoms with Crippen LogP contribution in [0, 0.1) is 13.8 Å². The molecule has 1 rings (SSSR count). The molecule has 0 aliphatic carbocycles. The number of aryl methyl sites for hydroxylation is 2. The summed E-state index contributed by atoms with van der Waals surface area (Å²) in [5, 5.41) is 11.7. The summed E-state index contributed by atoms with van der Waals surface area (Å²) in [4.78, 5) is 10.8. The van der Waals surface area contributed by atoms with Crippen LogP contribution in [-0.4, -0.2) is 17.1 Å². The van der Waals surface area contributed by atoms with Gasteiger partial charge in [0.2, 0.25) is 0 Å². The van der Waals surface area contributed by atoms with Gasteiger partial charge in [-0.25, -0.2) is 4.79 Å². The van der Waals surface area contributed by atoms with Crippen LogP contribution >= 0.6 is 0 Å². The number of anilines is 1. The maximum absolute atomic E-state index is 10.8. The third kappa shape index (κ3) is 3.13. The zero-order valence-electron chi connectivity index (χ0n) is 8.95. The average Bonchev–Trinajstić information content (AvgIpc) is 2.12. The van der Waals surface area contributed by atoms with Crippen LogP contribution in [0.4, 0.5) is 5.69 Å². The van der Waals surface area contributed by atoms with Crippen LogP contribution in [0.2, 0.25) is 0 Å². The van der Waals surface area contributed by atoms with Gasteiger partial charge in [0.25, 0.3) is 0 Å². The first-order chi connectivity index (χ1) is 7.02. The molecular weight excluding hydrogens is 190 g/mol. The van der Waals surface area contributed by atoms with E-state index in [2.05, 4.69) is 11.9 Å². The molecule has 0 saturated carbocycles. The van der Waals surface area contributed by atoms with Crippen molar-refractivity contribution in [3.8, 4) is 0 Å². The minimum absolute atomic E-state index is 0.744. The third-order valence-electron chi connectivity index (χ3n) is 2.05. The minimum Gasteiger partial charge on any atom is -0.479 e. The second-order valence-corrected chi connectivity index (χ2v) is 3.57. The molecule has 0 saturated heterocycles. The van der Waals surface area contributed by atoms with Crippen molar-refractivity contribution in [1.29, 1.82) is 0 Å². The zero-order chi connectivity index (χ0) is 11.4. The van der Waals surface area contributed by atoms with Gasteiger partial charge in [-0.3, -0.25) is 0 Å². The number of nitrogens with one attached hydrogen (secondary N) is 1. The summed E-state index contributed by atoms with van der Waals surface area (Å²) in [6, 6.07) is 5.11. The molecular formula is C12H15NO2. The maximum atomic E-state index is 10.8. The first-order valence-corrected chi connectivity index (χ1v) is 4.73. The maximum Gasteiger partial charge on any atom is 0.330 e. The number of carbonyl (C=O) groups is 1. The van der Waals surface area contributed by atoms with E-state index in [9.17, 15) is 4.79 Å². The normalized spacial score (nSPS) is 11.9. The van der Waals surface area contributed by atoms with Crippen molar-refractivity contribution in [2.75, 3.05) is 5.32 Å². The molecule has 0 spiro atoms. The number of aliphatic carboxylic acids is 1. The number of hydrogen-bond acceptors (Lipinski definition) is 2. The molecule has 2 N–H and O–H groups in total. The Morgan fingerprint density at radius 3 is 2.33 bits per heavy atom.